The van der Waals surface area contributed by atoms with Gasteiger partial charge in [0, 0.05) is 35.3 Å². The number of aromatic nitrogens is 1. The first-order chi connectivity index (χ1) is 16.9. The minimum Gasteiger partial charge on any atom is -0.492 e. The number of nitrogens with two attached hydrogens (primary N) is 1. The van der Waals surface area contributed by atoms with Gasteiger partial charge in [-0.2, -0.15) is 0 Å². The number of carbonyl (C=O) groups excluding carboxylic acids is 1. The molecule has 4 rings (SSSR count). The van der Waals surface area contributed by atoms with Crippen molar-refractivity contribution in [2.24, 2.45) is 0 Å². The van der Waals surface area contributed by atoms with Gasteiger partial charge in [0.05, 0.1) is 23.0 Å². The van der Waals surface area contributed by atoms with Gasteiger partial charge in [-0.25, -0.2) is 4.79 Å². The van der Waals surface area contributed by atoms with E-state index in [1.54, 1.807) is 0 Å². The molecule has 35 heavy (non-hydrogen) atoms. The van der Waals surface area contributed by atoms with E-state index in [0.717, 1.165) is 66.1 Å². The number of nitrogens with zero attached hydrogens (tertiary/aromatic N) is 2. The van der Waals surface area contributed by atoms with E-state index in [4.69, 9.17) is 15.2 Å². The van der Waals surface area contributed by atoms with Crippen molar-refractivity contribution in [3.05, 3.63) is 42.5 Å². The zero-order chi connectivity index (χ0) is 24.9. The summed E-state index contributed by atoms with van der Waals surface area (Å²) in [6.45, 7) is 11.6. The van der Waals surface area contributed by atoms with Crippen LogP contribution < -0.4 is 15.8 Å². The van der Waals surface area contributed by atoms with E-state index in [9.17, 15) is 4.79 Å². The maximum Gasteiger partial charge on any atom is 0.411 e. The third-order valence-electron chi connectivity index (χ3n) is 6.77. The summed E-state index contributed by atoms with van der Waals surface area (Å²) >= 11 is 0. The number of benzene rings is 2. The molecule has 0 spiro atoms. The molecule has 1 aromatic heterocycles. The maximum absolute atomic E-state index is 11.9. The average Bonchev–Trinajstić information content (AvgIpc) is 3.07. The van der Waals surface area contributed by atoms with Crippen molar-refractivity contribution in [2.75, 3.05) is 37.3 Å². The Morgan fingerprint density at radius 3 is 2.46 bits per heavy atom. The number of anilines is 2. The highest BCUT2D eigenvalue weighted by atomic mass is 16.6. The van der Waals surface area contributed by atoms with Crippen molar-refractivity contribution in [3.63, 3.8) is 0 Å². The van der Waals surface area contributed by atoms with E-state index < -0.39 is 6.09 Å². The fourth-order valence-corrected chi connectivity index (χ4v) is 4.63. The topological polar surface area (TPSA) is 81.8 Å². The number of likely N-dealkylation sites (N-methyl/N-ethyl adjacent to an activating group) is 1. The lowest BCUT2D eigenvalue weighted by molar-refractivity contribution is 0.130. The van der Waals surface area contributed by atoms with E-state index in [1.807, 2.05) is 44.2 Å². The van der Waals surface area contributed by atoms with E-state index in [2.05, 4.69) is 40.8 Å². The number of hydrogen-bond acceptors (Lipinski definition) is 5. The fourth-order valence-electron chi connectivity index (χ4n) is 4.63. The minimum atomic E-state index is -0.454. The molecule has 0 unspecified atom stereocenters. The number of nitrogen functional groups attached to an aromatic ring is 1. The van der Waals surface area contributed by atoms with E-state index in [-0.39, 0.29) is 6.10 Å². The first kappa shape index (κ1) is 24.9. The van der Waals surface area contributed by atoms with Gasteiger partial charge in [0.2, 0.25) is 0 Å². The van der Waals surface area contributed by atoms with Crippen molar-refractivity contribution in [1.29, 1.82) is 0 Å². The molecule has 0 atom stereocenters. The normalized spacial score (nSPS) is 13.9. The van der Waals surface area contributed by atoms with Crippen LogP contribution in [0.3, 0.4) is 0 Å². The molecular weight excluding hydrogens is 440 g/mol. The number of rotatable bonds is 10. The second kappa shape index (κ2) is 11.0. The van der Waals surface area contributed by atoms with Gasteiger partial charge >= 0.3 is 6.09 Å². The smallest absolute Gasteiger partial charge is 0.411 e. The molecule has 0 saturated heterocycles. The summed E-state index contributed by atoms with van der Waals surface area (Å²) in [6.07, 6.45) is 2.89. The molecule has 3 aromatic rings. The number of fused-ring (bicyclic) bond motifs is 1. The summed E-state index contributed by atoms with van der Waals surface area (Å²) in [5.74, 6) is 0.873. The molecule has 1 heterocycles. The Labute approximate surface area is 208 Å². The van der Waals surface area contributed by atoms with Crippen molar-refractivity contribution >= 4 is 28.4 Å². The molecule has 1 saturated carbocycles. The molecule has 0 bridgehead atoms. The van der Waals surface area contributed by atoms with Crippen LogP contribution in [-0.4, -0.2) is 47.9 Å². The van der Waals surface area contributed by atoms with Gasteiger partial charge < -0.3 is 24.7 Å². The molecule has 1 amide bonds. The zero-order valence-corrected chi connectivity index (χ0v) is 21.3. The quantitative estimate of drug-likeness (QED) is 0.358. The lowest BCUT2D eigenvalue weighted by atomic mass is 9.92. The number of carbonyl (C=O) groups is 1. The number of ether oxygens (including phenoxy) is 2. The van der Waals surface area contributed by atoms with Crippen molar-refractivity contribution in [3.8, 4) is 17.0 Å². The van der Waals surface area contributed by atoms with E-state index >= 15 is 0 Å². The van der Waals surface area contributed by atoms with Gasteiger partial charge in [0.25, 0.3) is 0 Å². The van der Waals surface area contributed by atoms with Gasteiger partial charge in [0.1, 0.15) is 12.4 Å². The fraction of sp³-hybridized carbons (Fsp3) is 0.464. The minimum absolute atomic E-state index is 0.168. The Kier molecular flexibility index (Phi) is 7.86. The van der Waals surface area contributed by atoms with Crippen LogP contribution >= 0.6 is 0 Å². The summed E-state index contributed by atoms with van der Waals surface area (Å²) in [4.78, 5) is 14.3. The molecule has 1 fully saturated rings. The summed E-state index contributed by atoms with van der Waals surface area (Å²) in [5, 5.41) is 3.82. The Balaban J connectivity index is 1.62. The molecule has 0 radical (unpaired) electrons. The predicted octanol–water partition coefficient (Wildman–Crippen LogP) is 6.29. The standard InChI is InChI=1S/C28H38N4O3/c1-5-31(6-2)16-17-34-23-14-15-24-25(18-23)32(22-8-7-9-22)27(26(24)29)20-10-12-21(13-11-20)30-28(33)35-19(3)4/h10-15,18-19,22H,5-9,16-17,29H2,1-4H3,(H,30,33). The lowest BCUT2D eigenvalue weighted by Crippen LogP contribution is -2.27. The molecular formula is C28H38N4O3. The molecule has 7 heteroatoms. The van der Waals surface area contributed by atoms with Crippen LogP contribution in [0.4, 0.5) is 16.2 Å². The summed E-state index contributed by atoms with van der Waals surface area (Å²) in [7, 11) is 0. The molecule has 1 aliphatic rings. The predicted molar refractivity (Wildman–Crippen MR) is 143 cm³/mol. The Morgan fingerprint density at radius 2 is 1.86 bits per heavy atom. The van der Waals surface area contributed by atoms with Crippen LogP contribution in [0.1, 0.15) is 53.0 Å². The van der Waals surface area contributed by atoms with Crippen molar-refractivity contribution < 1.29 is 14.3 Å². The van der Waals surface area contributed by atoms with Crippen LogP contribution in [0, 0.1) is 0 Å². The van der Waals surface area contributed by atoms with Gasteiger partial charge in [-0.1, -0.05) is 26.0 Å². The van der Waals surface area contributed by atoms with Gasteiger partial charge in [-0.15, -0.1) is 0 Å². The van der Waals surface area contributed by atoms with Crippen LogP contribution in [0.2, 0.25) is 0 Å². The second-order valence-electron chi connectivity index (χ2n) is 9.43. The summed E-state index contributed by atoms with van der Waals surface area (Å²) in [6, 6.07) is 14.4. The highest BCUT2D eigenvalue weighted by Gasteiger charge is 2.27. The van der Waals surface area contributed by atoms with Crippen LogP contribution in [0.25, 0.3) is 22.2 Å². The third-order valence-corrected chi connectivity index (χ3v) is 6.77. The molecule has 7 nitrogen and oxygen atoms in total. The largest absolute Gasteiger partial charge is 0.492 e. The Morgan fingerprint density at radius 1 is 1.14 bits per heavy atom. The molecule has 1 aliphatic carbocycles. The summed E-state index contributed by atoms with van der Waals surface area (Å²) in [5.41, 5.74) is 11.4. The number of nitrogens with one attached hydrogen (secondary N) is 1. The number of amides is 1. The highest BCUT2D eigenvalue weighted by molar-refractivity contribution is 6.01. The first-order valence-electron chi connectivity index (χ1n) is 12.8. The molecule has 2 aromatic carbocycles. The average molecular weight is 479 g/mol. The Hall–Kier alpha value is -3.19. The molecule has 3 N–H and O–H groups in total. The molecule has 0 aliphatic heterocycles. The lowest BCUT2D eigenvalue weighted by Gasteiger charge is -2.30. The van der Waals surface area contributed by atoms with Crippen LogP contribution in [0.5, 0.6) is 5.75 Å². The summed E-state index contributed by atoms with van der Waals surface area (Å²) < 4.78 is 13.7. The van der Waals surface area contributed by atoms with E-state index in [1.165, 1.54) is 6.42 Å². The zero-order valence-electron chi connectivity index (χ0n) is 21.3. The highest BCUT2D eigenvalue weighted by Crippen LogP contribution is 2.44. The monoisotopic (exact) mass is 478 g/mol. The van der Waals surface area contributed by atoms with Gasteiger partial charge in [-0.05, 0) is 70.5 Å². The van der Waals surface area contributed by atoms with Crippen molar-refractivity contribution in [2.45, 2.75) is 59.1 Å². The first-order valence-corrected chi connectivity index (χ1v) is 12.8. The third kappa shape index (κ3) is 5.56. The Bertz CT molecular complexity index is 1150. The second-order valence-corrected chi connectivity index (χ2v) is 9.43. The van der Waals surface area contributed by atoms with Crippen LogP contribution in [0.15, 0.2) is 42.5 Å². The van der Waals surface area contributed by atoms with Gasteiger partial charge in [0.15, 0.2) is 0 Å². The number of hydrogen-bond donors (Lipinski definition) is 2. The van der Waals surface area contributed by atoms with Crippen molar-refractivity contribution in [1.82, 2.24) is 9.47 Å². The van der Waals surface area contributed by atoms with Gasteiger partial charge in [-0.3, -0.25) is 5.32 Å². The van der Waals surface area contributed by atoms with E-state index in [0.29, 0.717) is 18.3 Å². The SMILES string of the molecule is CCN(CC)CCOc1ccc2c(N)c(-c3ccc(NC(=O)OC(C)C)cc3)n(C3CCC3)c2c1. The molecule has 188 valence electrons. The maximum atomic E-state index is 11.9. The van der Waals surface area contributed by atoms with Crippen LogP contribution in [-0.2, 0) is 4.74 Å².